The minimum Gasteiger partial charge on any atom is -0.325 e. The Hall–Kier alpha value is -2.33. The largest absolute Gasteiger partial charge is 0.325 e. The third-order valence-electron chi connectivity index (χ3n) is 4.54. The predicted octanol–water partition coefficient (Wildman–Crippen LogP) is 4.25. The summed E-state index contributed by atoms with van der Waals surface area (Å²) in [7, 11) is -0.896. The molecule has 0 radical (unpaired) electrons. The van der Waals surface area contributed by atoms with Gasteiger partial charge in [-0.2, -0.15) is 0 Å². The van der Waals surface area contributed by atoms with Crippen LogP contribution in [0.1, 0.15) is 6.92 Å². The monoisotopic (exact) mass is 478 g/mol. The van der Waals surface area contributed by atoms with Crippen LogP contribution in [0.3, 0.4) is 0 Å². The Labute approximate surface area is 191 Å². The predicted molar refractivity (Wildman–Crippen MR) is 126 cm³/mol. The quantitative estimate of drug-likeness (QED) is 0.386. The highest BCUT2D eigenvalue weighted by molar-refractivity contribution is 8.00. The number of rotatable bonds is 8. The molecule has 1 heterocycles. The second-order valence-electron chi connectivity index (χ2n) is 6.96. The maximum Gasteiger partial charge on any atom is 0.244 e. The molecule has 0 aliphatic rings. The molecule has 2 aromatic carbocycles. The van der Waals surface area contributed by atoms with Gasteiger partial charge in [-0.25, -0.2) is 17.7 Å². The molecule has 0 saturated carbocycles. The van der Waals surface area contributed by atoms with E-state index < -0.39 is 15.3 Å². The Morgan fingerprint density at radius 1 is 1.32 bits per heavy atom. The molecule has 0 aliphatic heterocycles. The first-order valence-corrected chi connectivity index (χ1v) is 12.1. The number of nitrogens with zero attached hydrogens (tertiary/aromatic N) is 3. The topological polar surface area (TPSA) is 84.3 Å². The molecule has 0 unspecified atom stereocenters. The van der Waals surface area contributed by atoms with E-state index in [0.717, 1.165) is 15.3 Å². The lowest BCUT2D eigenvalue weighted by Gasteiger charge is -2.16. The number of fused-ring (bicyclic) bond motifs is 1. The van der Waals surface area contributed by atoms with E-state index in [-0.39, 0.29) is 15.8 Å². The van der Waals surface area contributed by atoms with Crippen molar-refractivity contribution in [2.24, 2.45) is 0 Å². The van der Waals surface area contributed by atoms with Crippen molar-refractivity contribution in [3.05, 3.63) is 60.1 Å². The third-order valence-corrected chi connectivity index (χ3v) is 7.93. The van der Waals surface area contributed by atoms with E-state index in [2.05, 4.69) is 16.9 Å². The smallest absolute Gasteiger partial charge is 0.244 e. The van der Waals surface area contributed by atoms with Gasteiger partial charge in [0.1, 0.15) is 4.90 Å². The molecule has 1 aromatic heterocycles. The number of carbonyl (C=O) groups is 1. The first-order valence-electron chi connectivity index (χ1n) is 9.41. The Kier molecular flexibility index (Phi) is 7.10. The van der Waals surface area contributed by atoms with Crippen LogP contribution >= 0.6 is 23.4 Å². The molecule has 164 valence electrons. The number of amides is 1. The Morgan fingerprint density at radius 2 is 2.03 bits per heavy atom. The molecule has 10 heteroatoms. The van der Waals surface area contributed by atoms with Crippen LogP contribution in [0.5, 0.6) is 0 Å². The average Bonchev–Trinajstić information content (AvgIpc) is 3.06. The molecule has 0 aliphatic carbocycles. The Morgan fingerprint density at radius 3 is 2.71 bits per heavy atom. The van der Waals surface area contributed by atoms with Crippen molar-refractivity contribution in [1.29, 1.82) is 0 Å². The standard InChI is InChI=1S/C21H23ClN4O3S2/c1-5-12-26-18-9-7-6-8-17(18)24-21(26)30-14(2)20(27)23-15-10-11-16(22)19(13-15)31(28,29)25(3)4/h5-11,13-14H,1,12H2,2-4H3,(H,23,27)/t14-/m0/s1. The maximum atomic E-state index is 12.8. The van der Waals surface area contributed by atoms with Crippen molar-refractivity contribution in [3.63, 3.8) is 0 Å². The fourth-order valence-corrected chi connectivity index (χ4v) is 5.21. The summed E-state index contributed by atoms with van der Waals surface area (Å²) >= 11 is 7.40. The van der Waals surface area contributed by atoms with Gasteiger partial charge in [0.15, 0.2) is 5.16 Å². The number of sulfonamides is 1. The zero-order valence-corrected chi connectivity index (χ0v) is 19.8. The highest BCUT2D eigenvalue weighted by Gasteiger charge is 2.23. The molecule has 3 aromatic rings. The molecule has 0 fully saturated rings. The molecule has 1 N–H and O–H groups in total. The second kappa shape index (κ2) is 9.44. The Balaban J connectivity index is 1.82. The van der Waals surface area contributed by atoms with Gasteiger partial charge in [0.25, 0.3) is 0 Å². The van der Waals surface area contributed by atoms with E-state index in [1.807, 2.05) is 28.8 Å². The molecule has 7 nitrogen and oxygen atoms in total. The second-order valence-corrected chi connectivity index (χ2v) is 10.8. The van der Waals surface area contributed by atoms with Crippen LogP contribution in [-0.4, -0.2) is 47.5 Å². The van der Waals surface area contributed by atoms with Gasteiger partial charge in [-0.1, -0.05) is 41.6 Å². The van der Waals surface area contributed by atoms with Crippen molar-refractivity contribution in [2.75, 3.05) is 19.4 Å². The summed E-state index contributed by atoms with van der Waals surface area (Å²) in [6, 6.07) is 12.1. The number of hydrogen-bond acceptors (Lipinski definition) is 5. The zero-order chi connectivity index (χ0) is 22.8. The van der Waals surface area contributed by atoms with E-state index in [1.54, 1.807) is 19.1 Å². The summed E-state index contributed by atoms with van der Waals surface area (Å²) in [4.78, 5) is 17.4. The van der Waals surface area contributed by atoms with Crippen LogP contribution in [0.15, 0.2) is 65.2 Å². The summed E-state index contributed by atoms with van der Waals surface area (Å²) in [5, 5.41) is 3.08. The lowest BCUT2D eigenvalue weighted by Crippen LogP contribution is -2.24. The van der Waals surface area contributed by atoms with Gasteiger partial charge in [0.2, 0.25) is 15.9 Å². The van der Waals surface area contributed by atoms with Gasteiger partial charge < -0.3 is 9.88 Å². The normalized spacial score (nSPS) is 12.8. The van der Waals surface area contributed by atoms with Gasteiger partial charge in [-0.15, -0.1) is 6.58 Å². The lowest BCUT2D eigenvalue weighted by molar-refractivity contribution is -0.115. The van der Waals surface area contributed by atoms with Gasteiger partial charge in [-0.05, 0) is 37.3 Å². The highest BCUT2D eigenvalue weighted by Crippen LogP contribution is 2.30. The summed E-state index contributed by atoms with van der Waals surface area (Å²) in [5.74, 6) is -0.280. The molecular formula is C21H23ClN4O3S2. The number of allylic oxidation sites excluding steroid dienone is 1. The molecule has 3 rings (SSSR count). The van der Waals surface area contributed by atoms with E-state index >= 15 is 0 Å². The SMILES string of the molecule is C=CCn1c(S[C@@H](C)C(=O)Nc2ccc(Cl)c(S(=O)(=O)N(C)C)c2)nc2ccccc21. The number of hydrogen-bond donors (Lipinski definition) is 1. The minimum atomic E-state index is -3.74. The molecule has 0 spiro atoms. The van der Waals surface area contributed by atoms with Crippen LogP contribution in [0.25, 0.3) is 11.0 Å². The van der Waals surface area contributed by atoms with Crippen LogP contribution in [0.4, 0.5) is 5.69 Å². The highest BCUT2D eigenvalue weighted by atomic mass is 35.5. The van der Waals surface area contributed by atoms with E-state index in [0.29, 0.717) is 17.4 Å². The number of imidazole rings is 1. The number of anilines is 1. The van der Waals surface area contributed by atoms with Crippen molar-refractivity contribution >= 4 is 56.0 Å². The molecule has 1 atom stereocenters. The lowest BCUT2D eigenvalue weighted by atomic mass is 10.3. The van der Waals surface area contributed by atoms with E-state index in [4.69, 9.17) is 11.6 Å². The van der Waals surface area contributed by atoms with E-state index in [9.17, 15) is 13.2 Å². The summed E-state index contributed by atoms with van der Waals surface area (Å²) < 4.78 is 28.0. The molecular weight excluding hydrogens is 456 g/mol. The number of carbonyl (C=O) groups excluding carboxylic acids is 1. The van der Waals surface area contributed by atoms with Crippen molar-refractivity contribution in [1.82, 2.24) is 13.9 Å². The van der Waals surface area contributed by atoms with E-state index in [1.165, 1.54) is 38.0 Å². The maximum absolute atomic E-state index is 12.8. The number of nitrogens with one attached hydrogen (secondary N) is 1. The number of benzene rings is 2. The summed E-state index contributed by atoms with van der Waals surface area (Å²) in [6.07, 6.45) is 1.78. The fraction of sp³-hybridized carbons (Fsp3) is 0.238. The Bertz CT molecular complexity index is 1240. The van der Waals surface area contributed by atoms with Gasteiger partial charge in [0, 0.05) is 26.3 Å². The average molecular weight is 479 g/mol. The summed E-state index contributed by atoms with van der Waals surface area (Å²) in [5.41, 5.74) is 2.16. The molecule has 0 bridgehead atoms. The first-order chi connectivity index (χ1) is 14.6. The summed E-state index contributed by atoms with van der Waals surface area (Å²) in [6.45, 7) is 6.14. The van der Waals surface area contributed by atoms with Gasteiger partial charge in [-0.3, -0.25) is 4.79 Å². The zero-order valence-electron chi connectivity index (χ0n) is 17.4. The van der Waals surface area contributed by atoms with Crippen LogP contribution in [0.2, 0.25) is 5.02 Å². The molecule has 0 saturated heterocycles. The van der Waals surface area contributed by atoms with Crippen LogP contribution in [0, 0.1) is 0 Å². The van der Waals surface area contributed by atoms with Crippen LogP contribution in [-0.2, 0) is 21.4 Å². The van der Waals surface area contributed by atoms with Crippen molar-refractivity contribution in [2.45, 2.75) is 28.8 Å². The number of aromatic nitrogens is 2. The third kappa shape index (κ3) is 4.95. The van der Waals surface area contributed by atoms with Gasteiger partial charge >= 0.3 is 0 Å². The fourth-order valence-electron chi connectivity index (χ4n) is 2.88. The number of para-hydroxylation sites is 2. The number of halogens is 1. The minimum absolute atomic E-state index is 0.0648. The van der Waals surface area contributed by atoms with Crippen molar-refractivity contribution in [3.8, 4) is 0 Å². The van der Waals surface area contributed by atoms with Gasteiger partial charge in [0.05, 0.1) is 21.3 Å². The first kappa shape index (κ1) is 23.3. The number of thioether (sulfide) groups is 1. The van der Waals surface area contributed by atoms with Crippen molar-refractivity contribution < 1.29 is 13.2 Å². The molecule has 31 heavy (non-hydrogen) atoms. The van der Waals surface area contributed by atoms with Crippen LogP contribution < -0.4 is 5.32 Å². The molecule has 1 amide bonds.